The zero-order valence-electron chi connectivity index (χ0n) is 8.10. The molecular formula is C8H14N2O5. The van der Waals surface area contributed by atoms with E-state index in [4.69, 9.17) is 14.9 Å². The van der Waals surface area contributed by atoms with Gasteiger partial charge in [0, 0.05) is 13.1 Å². The van der Waals surface area contributed by atoms with Crippen molar-refractivity contribution in [3.63, 3.8) is 0 Å². The van der Waals surface area contributed by atoms with Gasteiger partial charge in [0.1, 0.15) is 6.10 Å². The molecule has 2 unspecified atom stereocenters. The lowest BCUT2D eigenvalue weighted by atomic mass is 10.2. The molecule has 0 aliphatic carbocycles. The number of carbonyl (C=O) groups is 2. The van der Waals surface area contributed by atoms with Crippen molar-refractivity contribution >= 4 is 11.9 Å². The summed E-state index contributed by atoms with van der Waals surface area (Å²) in [6, 6.07) is 0. The van der Waals surface area contributed by atoms with Crippen LogP contribution in [0.4, 0.5) is 0 Å². The Bertz CT molecular complexity index is 239. The van der Waals surface area contributed by atoms with Crippen molar-refractivity contribution in [1.82, 2.24) is 10.6 Å². The molecule has 1 heterocycles. The van der Waals surface area contributed by atoms with Crippen LogP contribution in [0, 0.1) is 0 Å². The Hall–Kier alpha value is -1.18. The Morgan fingerprint density at radius 2 is 2.33 bits per heavy atom. The minimum absolute atomic E-state index is 0.311. The molecule has 1 rings (SSSR count). The lowest BCUT2D eigenvalue weighted by Gasteiger charge is -2.22. The van der Waals surface area contributed by atoms with Gasteiger partial charge >= 0.3 is 5.97 Å². The Morgan fingerprint density at radius 1 is 1.60 bits per heavy atom. The first kappa shape index (κ1) is 11.9. The van der Waals surface area contributed by atoms with Gasteiger partial charge in [-0.05, 0) is 0 Å². The van der Waals surface area contributed by atoms with Gasteiger partial charge in [0.15, 0.2) is 6.10 Å². The molecule has 2 atom stereocenters. The van der Waals surface area contributed by atoms with Gasteiger partial charge < -0.3 is 25.6 Å². The van der Waals surface area contributed by atoms with E-state index < -0.39 is 24.1 Å². The molecule has 1 aliphatic rings. The van der Waals surface area contributed by atoms with Crippen LogP contribution in [0.15, 0.2) is 0 Å². The highest BCUT2D eigenvalue weighted by Gasteiger charge is 2.23. The largest absolute Gasteiger partial charge is 0.479 e. The zero-order valence-corrected chi connectivity index (χ0v) is 8.10. The first-order valence-corrected chi connectivity index (χ1v) is 4.62. The summed E-state index contributed by atoms with van der Waals surface area (Å²) in [6.07, 6.45) is -2.19. The number of aliphatic hydroxyl groups excluding tert-OH is 1. The molecule has 7 nitrogen and oxygen atoms in total. The van der Waals surface area contributed by atoms with Crippen molar-refractivity contribution in [1.29, 1.82) is 0 Å². The summed E-state index contributed by atoms with van der Waals surface area (Å²) >= 11 is 0. The smallest absolute Gasteiger partial charge is 0.334 e. The predicted octanol–water partition coefficient (Wildman–Crippen LogP) is -2.46. The van der Waals surface area contributed by atoms with Crippen molar-refractivity contribution in [2.24, 2.45) is 0 Å². The van der Waals surface area contributed by atoms with E-state index >= 15 is 0 Å². The minimum atomic E-state index is -1.58. The first-order valence-electron chi connectivity index (χ1n) is 4.62. The highest BCUT2D eigenvalue weighted by atomic mass is 16.5. The van der Waals surface area contributed by atoms with Crippen LogP contribution < -0.4 is 10.6 Å². The number of nitrogens with one attached hydrogen (secondary N) is 2. The van der Waals surface area contributed by atoms with Crippen molar-refractivity contribution in [2.45, 2.75) is 12.2 Å². The summed E-state index contributed by atoms with van der Waals surface area (Å²) in [5, 5.41) is 22.5. The van der Waals surface area contributed by atoms with Crippen LogP contribution in [-0.2, 0) is 14.3 Å². The summed E-state index contributed by atoms with van der Waals surface area (Å²) in [4.78, 5) is 21.6. The molecule has 0 spiro atoms. The quantitative estimate of drug-likeness (QED) is 0.417. The molecule has 1 amide bonds. The standard InChI is InChI=1S/C8H14N2O5/c11-5(8(13)14)3-10-7(12)6-4-9-1-2-15-6/h5-6,9,11H,1-4H2,(H,10,12)(H,13,14). The van der Waals surface area contributed by atoms with E-state index in [1.165, 1.54) is 0 Å². The summed E-state index contributed by atoms with van der Waals surface area (Å²) in [5.74, 6) is -1.78. The molecule has 7 heteroatoms. The number of aliphatic hydroxyl groups is 1. The second-order valence-electron chi connectivity index (χ2n) is 3.16. The van der Waals surface area contributed by atoms with E-state index in [1.807, 2.05) is 0 Å². The molecule has 0 radical (unpaired) electrons. The Kier molecular flexibility index (Phi) is 4.47. The first-order chi connectivity index (χ1) is 7.11. The number of hydrogen-bond acceptors (Lipinski definition) is 5. The van der Waals surface area contributed by atoms with Crippen LogP contribution in [0.1, 0.15) is 0 Å². The second kappa shape index (κ2) is 5.64. The average molecular weight is 218 g/mol. The van der Waals surface area contributed by atoms with E-state index in [0.29, 0.717) is 19.7 Å². The summed E-state index contributed by atoms with van der Waals surface area (Å²) in [5.41, 5.74) is 0. The third kappa shape index (κ3) is 3.82. The SMILES string of the molecule is O=C(O)C(O)CNC(=O)C1CNCCO1. The molecule has 4 N–H and O–H groups in total. The molecule has 86 valence electrons. The van der Waals surface area contributed by atoms with Gasteiger partial charge in [0.25, 0.3) is 5.91 Å². The van der Waals surface area contributed by atoms with Crippen molar-refractivity contribution in [3.05, 3.63) is 0 Å². The van der Waals surface area contributed by atoms with Crippen LogP contribution in [0.5, 0.6) is 0 Å². The fourth-order valence-electron chi connectivity index (χ4n) is 1.13. The van der Waals surface area contributed by atoms with E-state index in [0.717, 1.165) is 0 Å². The van der Waals surface area contributed by atoms with Crippen LogP contribution in [-0.4, -0.2) is 60.5 Å². The van der Waals surface area contributed by atoms with Crippen molar-refractivity contribution in [2.75, 3.05) is 26.2 Å². The number of aliphatic carboxylic acids is 1. The van der Waals surface area contributed by atoms with Crippen molar-refractivity contribution in [3.8, 4) is 0 Å². The number of rotatable bonds is 4. The second-order valence-corrected chi connectivity index (χ2v) is 3.16. The summed E-state index contributed by atoms with van der Waals surface area (Å²) in [7, 11) is 0. The monoisotopic (exact) mass is 218 g/mol. The Labute approximate surface area is 86.4 Å². The molecule has 0 aromatic carbocycles. The minimum Gasteiger partial charge on any atom is -0.479 e. The number of amides is 1. The van der Waals surface area contributed by atoms with E-state index in [1.54, 1.807) is 0 Å². The van der Waals surface area contributed by atoms with Crippen LogP contribution in [0.25, 0.3) is 0 Å². The highest BCUT2D eigenvalue weighted by molar-refractivity contribution is 5.82. The molecule has 0 saturated carbocycles. The Balaban J connectivity index is 2.25. The van der Waals surface area contributed by atoms with Crippen LogP contribution >= 0.6 is 0 Å². The molecular weight excluding hydrogens is 204 g/mol. The van der Waals surface area contributed by atoms with Gasteiger partial charge in [-0.25, -0.2) is 4.79 Å². The number of carboxylic acid groups (broad SMARTS) is 1. The maximum Gasteiger partial charge on any atom is 0.334 e. The van der Waals surface area contributed by atoms with E-state index in [2.05, 4.69) is 10.6 Å². The molecule has 1 aliphatic heterocycles. The van der Waals surface area contributed by atoms with Gasteiger partial charge in [0.2, 0.25) is 0 Å². The zero-order chi connectivity index (χ0) is 11.3. The van der Waals surface area contributed by atoms with Crippen LogP contribution in [0.3, 0.4) is 0 Å². The molecule has 1 saturated heterocycles. The van der Waals surface area contributed by atoms with E-state index in [9.17, 15) is 9.59 Å². The maximum absolute atomic E-state index is 11.3. The predicted molar refractivity (Wildman–Crippen MR) is 49.3 cm³/mol. The van der Waals surface area contributed by atoms with Gasteiger partial charge in [-0.15, -0.1) is 0 Å². The summed E-state index contributed by atoms with van der Waals surface area (Å²) in [6.45, 7) is 1.23. The molecule has 0 bridgehead atoms. The van der Waals surface area contributed by atoms with Crippen LogP contribution in [0.2, 0.25) is 0 Å². The van der Waals surface area contributed by atoms with Gasteiger partial charge in [-0.2, -0.15) is 0 Å². The number of morpholine rings is 1. The summed E-state index contributed by atoms with van der Waals surface area (Å²) < 4.78 is 5.13. The fraction of sp³-hybridized carbons (Fsp3) is 0.750. The average Bonchev–Trinajstić information content (AvgIpc) is 2.26. The lowest BCUT2D eigenvalue weighted by Crippen LogP contribution is -2.49. The van der Waals surface area contributed by atoms with Crippen molar-refractivity contribution < 1.29 is 24.5 Å². The third-order valence-corrected chi connectivity index (χ3v) is 1.97. The van der Waals surface area contributed by atoms with Gasteiger partial charge in [-0.3, -0.25) is 4.79 Å². The number of hydrogen-bond donors (Lipinski definition) is 4. The molecule has 1 fully saturated rings. The molecule has 0 aromatic heterocycles. The molecule has 0 aromatic rings. The normalized spacial score (nSPS) is 23.1. The highest BCUT2D eigenvalue weighted by Crippen LogP contribution is 1.95. The number of ether oxygens (including phenoxy) is 1. The maximum atomic E-state index is 11.3. The molecule has 15 heavy (non-hydrogen) atoms. The number of carboxylic acids is 1. The van der Waals surface area contributed by atoms with Gasteiger partial charge in [0.05, 0.1) is 13.2 Å². The topological polar surface area (TPSA) is 108 Å². The van der Waals surface area contributed by atoms with Gasteiger partial charge in [-0.1, -0.05) is 0 Å². The Morgan fingerprint density at radius 3 is 2.87 bits per heavy atom. The fourth-order valence-corrected chi connectivity index (χ4v) is 1.13. The lowest BCUT2D eigenvalue weighted by molar-refractivity contribution is -0.147. The third-order valence-electron chi connectivity index (χ3n) is 1.97. The number of carbonyl (C=O) groups excluding carboxylic acids is 1. The van der Waals surface area contributed by atoms with E-state index in [-0.39, 0.29) is 6.54 Å².